The summed E-state index contributed by atoms with van der Waals surface area (Å²) in [5, 5.41) is 0. The van der Waals surface area contributed by atoms with Gasteiger partial charge in [0.15, 0.2) is 0 Å². The average molecular weight is 253 g/mol. The van der Waals surface area contributed by atoms with Crippen LogP contribution in [0.1, 0.15) is 44.8 Å². The molecule has 0 bridgehead atoms. The number of halogens is 1. The summed E-state index contributed by atoms with van der Waals surface area (Å²) >= 11 is 0. The van der Waals surface area contributed by atoms with Crippen LogP contribution in [0.5, 0.6) is 0 Å². The van der Waals surface area contributed by atoms with Gasteiger partial charge in [-0.3, -0.25) is 4.98 Å². The summed E-state index contributed by atoms with van der Waals surface area (Å²) in [6, 6.07) is 2.97. The minimum Gasteiger partial charge on any atom is -0.323 e. The normalized spacial score (nSPS) is 12.9. The van der Waals surface area contributed by atoms with Crippen molar-refractivity contribution in [3.63, 3.8) is 0 Å². The van der Waals surface area contributed by atoms with Crippen molar-refractivity contribution in [1.82, 2.24) is 9.88 Å². The van der Waals surface area contributed by atoms with Crippen molar-refractivity contribution in [2.45, 2.75) is 39.2 Å². The highest BCUT2D eigenvalue weighted by molar-refractivity contribution is 5.09. The summed E-state index contributed by atoms with van der Waals surface area (Å²) in [5.74, 6) is -0.316. The van der Waals surface area contributed by atoms with Crippen LogP contribution in [0.15, 0.2) is 18.3 Å². The molecule has 0 aromatic carbocycles. The quantitative estimate of drug-likeness (QED) is 0.774. The summed E-state index contributed by atoms with van der Waals surface area (Å²) in [7, 11) is 0. The van der Waals surface area contributed by atoms with E-state index in [0.29, 0.717) is 0 Å². The van der Waals surface area contributed by atoms with Crippen LogP contribution >= 0.6 is 0 Å². The number of nitrogens with two attached hydrogens (primary N) is 1. The van der Waals surface area contributed by atoms with Crippen LogP contribution in [0.4, 0.5) is 4.39 Å². The fourth-order valence-electron chi connectivity index (χ4n) is 1.89. The third-order valence-electron chi connectivity index (χ3n) is 3.16. The topological polar surface area (TPSA) is 42.1 Å². The fraction of sp³-hybridized carbons (Fsp3) is 0.643. The molecule has 0 radical (unpaired) electrons. The summed E-state index contributed by atoms with van der Waals surface area (Å²) in [6.45, 7) is 7.50. The highest BCUT2D eigenvalue weighted by Crippen LogP contribution is 2.12. The molecule has 0 aliphatic carbocycles. The lowest BCUT2D eigenvalue weighted by Gasteiger charge is -2.21. The SMILES string of the molecule is CCCCN(CC)CCC(N)c1ccc(F)cn1. The molecule has 0 fully saturated rings. The Morgan fingerprint density at radius 2 is 2.11 bits per heavy atom. The van der Waals surface area contributed by atoms with Gasteiger partial charge < -0.3 is 10.6 Å². The molecular weight excluding hydrogens is 229 g/mol. The second kappa shape index (κ2) is 8.16. The molecule has 1 aromatic heterocycles. The van der Waals surface area contributed by atoms with Gasteiger partial charge in [-0.05, 0) is 44.6 Å². The third-order valence-corrected chi connectivity index (χ3v) is 3.16. The van der Waals surface area contributed by atoms with Crippen LogP contribution in [0.2, 0.25) is 0 Å². The van der Waals surface area contributed by atoms with Gasteiger partial charge in [-0.1, -0.05) is 20.3 Å². The van der Waals surface area contributed by atoms with Crippen molar-refractivity contribution >= 4 is 0 Å². The largest absolute Gasteiger partial charge is 0.323 e. The first kappa shape index (κ1) is 15.1. The minimum absolute atomic E-state index is 0.110. The molecule has 2 N–H and O–H groups in total. The van der Waals surface area contributed by atoms with Crippen LogP contribution in [0.25, 0.3) is 0 Å². The smallest absolute Gasteiger partial charge is 0.141 e. The van der Waals surface area contributed by atoms with E-state index in [1.54, 1.807) is 6.07 Å². The molecule has 0 saturated heterocycles. The molecule has 0 saturated carbocycles. The summed E-state index contributed by atoms with van der Waals surface area (Å²) in [5.41, 5.74) is 6.83. The molecule has 0 spiro atoms. The summed E-state index contributed by atoms with van der Waals surface area (Å²) in [6.07, 6.45) is 4.51. The van der Waals surface area contributed by atoms with Crippen LogP contribution in [-0.4, -0.2) is 29.5 Å². The maximum Gasteiger partial charge on any atom is 0.141 e. The molecule has 0 amide bonds. The molecular formula is C14H24FN3. The first-order chi connectivity index (χ1) is 8.67. The summed E-state index contributed by atoms with van der Waals surface area (Å²) < 4.78 is 12.7. The predicted octanol–water partition coefficient (Wildman–Crippen LogP) is 2.73. The lowest BCUT2D eigenvalue weighted by molar-refractivity contribution is 0.271. The van der Waals surface area contributed by atoms with E-state index < -0.39 is 0 Å². The van der Waals surface area contributed by atoms with Crippen molar-refractivity contribution < 1.29 is 4.39 Å². The third kappa shape index (κ3) is 5.10. The Morgan fingerprint density at radius 1 is 1.33 bits per heavy atom. The van der Waals surface area contributed by atoms with Gasteiger partial charge >= 0.3 is 0 Å². The van der Waals surface area contributed by atoms with Crippen molar-refractivity contribution in [1.29, 1.82) is 0 Å². The fourth-order valence-corrected chi connectivity index (χ4v) is 1.89. The van der Waals surface area contributed by atoms with E-state index in [-0.39, 0.29) is 11.9 Å². The second-order valence-corrected chi connectivity index (χ2v) is 4.58. The van der Waals surface area contributed by atoms with Gasteiger partial charge in [0.1, 0.15) is 5.82 Å². The van der Waals surface area contributed by atoms with Gasteiger partial charge in [-0.25, -0.2) is 4.39 Å². The van der Waals surface area contributed by atoms with Crippen LogP contribution in [0, 0.1) is 5.82 Å². The highest BCUT2D eigenvalue weighted by Gasteiger charge is 2.10. The molecule has 4 heteroatoms. The van der Waals surface area contributed by atoms with E-state index in [0.717, 1.165) is 31.7 Å². The zero-order valence-electron chi connectivity index (χ0n) is 11.4. The molecule has 102 valence electrons. The van der Waals surface area contributed by atoms with Gasteiger partial charge in [0, 0.05) is 6.04 Å². The monoisotopic (exact) mass is 253 g/mol. The molecule has 1 unspecified atom stereocenters. The van der Waals surface area contributed by atoms with Crippen LogP contribution < -0.4 is 5.73 Å². The molecule has 18 heavy (non-hydrogen) atoms. The Kier molecular flexibility index (Phi) is 6.83. The van der Waals surface area contributed by atoms with Crippen molar-refractivity contribution in [2.75, 3.05) is 19.6 Å². The minimum atomic E-state index is -0.316. The van der Waals surface area contributed by atoms with E-state index in [1.807, 2.05) is 0 Å². The number of unbranched alkanes of at least 4 members (excludes halogenated alkanes) is 1. The number of rotatable bonds is 8. The van der Waals surface area contributed by atoms with Gasteiger partial charge in [-0.15, -0.1) is 0 Å². The van der Waals surface area contributed by atoms with Crippen LogP contribution in [-0.2, 0) is 0 Å². The van der Waals surface area contributed by atoms with Gasteiger partial charge in [0.05, 0.1) is 11.9 Å². The number of aromatic nitrogens is 1. The number of pyridine rings is 1. The van der Waals surface area contributed by atoms with Gasteiger partial charge in [0.25, 0.3) is 0 Å². The van der Waals surface area contributed by atoms with Crippen molar-refractivity contribution in [3.05, 3.63) is 29.8 Å². The Hall–Kier alpha value is -1.00. The van der Waals surface area contributed by atoms with E-state index >= 15 is 0 Å². The Bertz CT molecular complexity index is 326. The highest BCUT2D eigenvalue weighted by atomic mass is 19.1. The lowest BCUT2D eigenvalue weighted by Crippen LogP contribution is -2.28. The standard InChI is InChI=1S/C14H24FN3/c1-3-5-9-18(4-2)10-8-13(16)14-7-6-12(15)11-17-14/h6-7,11,13H,3-5,8-10,16H2,1-2H3. The first-order valence-electron chi connectivity index (χ1n) is 6.76. The van der Waals surface area contributed by atoms with E-state index in [1.165, 1.54) is 25.1 Å². The maximum absolute atomic E-state index is 12.7. The Balaban J connectivity index is 2.39. The lowest BCUT2D eigenvalue weighted by atomic mass is 10.1. The van der Waals surface area contributed by atoms with Crippen molar-refractivity contribution in [2.24, 2.45) is 5.73 Å². The summed E-state index contributed by atoms with van der Waals surface area (Å²) in [4.78, 5) is 6.42. The maximum atomic E-state index is 12.7. The Morgan fingerprint density at radius 3 is 2.67 bits per heavy atom. The Labute approximate surface area is 109 Å². The van der Waals surface area contributed by atoms with Crippen molar-refractivity contribution in [3.8, 4) is 0 Å². The predicted molar refractivity (Wildman–Crippen MR) is 72.8 cm³/mol. The molecule has 1 rings (SSSR count). The van der Waals surface area contributed by atoms with E-state index in [4.69, 9.17) is 5.73 Å². The van der Waals surface area contributed by atoms with E-state index in [2.05, 4.69) is 23.7 Å². The first-order valence-corrected chi connectivity index (χ1v) is 6.76. The number of hydrogen-bond acceptors (Lipinski definition) is 3. The van der Waals surface area contributed by atoms with Crippen LogP contribution in [0.3, 0.4) is 0 Å². The second-order valence-electron chi connectivity index (χ2n) is 4.58. The number of hydrogen-bond donors (Lipinski definition) is 1. The molecule has 1 atom stereocenters. The van der Waals surface area contributed by atoms with Gasteiger partial charge in [-0.2, -0.15) is 0 Å². The molecule has 3 nitrogen and oxygen atoms in total. The molecule has 1 aromatic rings. The van der Waals surface area contributed by atoms with E-state index in [9.17, 15) is 4.39 Å². The molecule has 1 heterocycles. The zero-order valence-corrected chi connectivity index (χ0v) is 11.4. The molecule has 0 aliphatic heterocycles. The van der Waals surface area contributed by atoms with Gasteiger partial charge in [0.2, 0.25) is 0 Å². The average Bonchev–Trinajstić information content (AvgIpc) is 2.39. The molecule has 0 aliphatic rings. The number of nitrogens with zero attached hydrogens (tertiary/aromatic N) is 2. The zero-order chi connectivity index (χ0) is 13.4.